The summed E-state index contributed by atoms with van der Waals surface area (Å²) < 4.78 is 22.1. The van der Waals surface area contributed by atoms with Crippen molar-refractivity contribution in [1.29, 1.82) is 0 Å². The van der Waals surface area contributed by atoms with Crippen LogP contribution in [0.1, 0.15) is 62.9 Å². The lowest BCUT2D eigenvalue weighted by Gasteiger charge is -2.31. The fourth-order valence-electron chi connectivity index (χ4n) is 5.41. The second-order valence-corrected chi connectivity index (χ2v) is 11.4. The SMILES string of the molecule is CC(C)(C)OC(=O)NC1CCC(n2c(=O)c3cc(F)cnc3n(-c3cccc(-c4ccc(O)cc4C=O)c3)c2=O)CC1. The number of pyridine rings is 1. The molecule has 5 rings (SSSR count). The van der Waals surface area contributed by atoms with Crippen LogP contribution in [0.2, 0.25) is 0 Å². The number of nitrogens with one attached hydrogen (secondary N) is 1. The van der Waals surface area contributed by atoms with Gasteiger partial charge in [0.25, 0.3) is 5.56 Å². The van der Waals surface area contributed by atoms with Gasteiger partial charge in [-0.25, -0.2) is 23.5 Å². The Morgan fingerprint density at radius 3 is 2.52 bits per heavy atom. The van der Waals surface area contributed by atoms with E-state index in [0.29, 0.717) is 48.8 Å². The predicted molar refractivity (Wildman–Crippen MR) is 155 cm³/mol. The molecule has 2 aromatic carbocycles. The van der Waals surface area contributed by atoms with Crippen molar-refractivity contribution in [2.75, 3.05) is 0 Å². The van der Waals surface area contributed by atoms with E-state index in [-0.39, 0.29) is 28.4 Å². The van der Waals surface area contributed by atoms with Crippen molar-refractivity contribution in [3.63, 3.8) is 0 Å². The van der Waals surface area contributed by atoms with Crippen LogP contribution in [0, 0.1) is 5.82 Å². The van der Waals surface area contributed by atoms with E-state index in [4.69, 9.17) is 4.74 Å². The molecular weight excluding hydrogens is 543 g/mol. The predicted octanol–water partition coefficient (Wildman–Crippen LogP) is 4.88. The highest BCUT2D eigenvalue weighted by atomic mass is 19.1. The number of hydrogen-bond donors (Lipinski definition) is 2. The van der Waals surface area contributed by atoms with Gasteiger partial charge in [0.15, 0.2) is 11.9 Å². The summed E-state index contributed by atoms with van der Waals surface area (Å²) in [6, 6.07) is 11.6. The molecule has 1 fully saturated rings. The van der Waals surface area contributed by atoms with E-state index in [1.165, 1.54) is 16.7 Å². The van der Waals surface area contributed by atoms with Crippen molar-refractivity contribution in [2.45, 2.75) is 64.1 Å². The van der Waals surface area contributed by atoms with Crippen molar-refractivity contribution in [1.82, 2.24) is 19.4 Å². The number of hydrogen-bond acceptors (Lipinski definition) is 7. The van der Waals surface area contributed by atoms with E-state index in [9.17, 15) is 28.7 Å². The maximum Gasteiger partial charge on any atom is 0.407 e. The molecule has 0 spiro atoms. The number of aromatic hydroxyl groups is 1. The molecule has 0 bridgehead atoms. The monoisotopic (exact) mass is 574 g/mol. The summed E-state index contributed by atoms with van der Waals surface area (Å²) >= 11 is 0. The van der Waals surface area contributed by atoms with Gasteiger partial charge in [-0.05, 0) is 94.0 Å². The lowest BCUT2D eigenvalue weighted by atomic mass is 9.91. The topological polar surface area (TPSA) is 133 Å². The van der Waals surface area contributed by atoms with Crippen molar-refractivity contribution in [3.8, 4) is 22.6 Å². The first-order valence-corrected chi connectivity index (χ1v) is 13.7. The van der Waals surface area contributed by atoms with Crippen LogP contribution in [0.25, 0.3) is 27.8 Å². The number of carbonyl (C=O) groups is 2. The number of phenols is 1. The molecule has 1 amide bonds. The van der Waals surface area contributed by atoms with Gasteiger partial charge in [-0.15, -0.1) is 0 Å². The van der Waals surface area contributed by atoms with Crippen LogP contribution in [0.4, 0.5) is 9.18 Å². The zero-order valence-corrected chi connectivity index (χ0v) is 23.5. The molecule has 11 heteroatoms. The Bertz CT molecular complexity index is 1800. The molecule has 218 valence electrons. The summed E-state index contributed by atoms with van der Waals surface area (Å²) in [6.07, 6.45) is 2.94. The van der Waals surface area contributed by atoms with Crippen LogP contribution in [0.15, 0.2) is 64.3 Å². The fourth-order valence-corrected chi connectivity index (χ4v) is 5.41. The lowest BCUT2D eigenvalue weighted by molar-refractivity contribution is 0.0487. The average Bonchev–Trinajstić information content (AvgIpc) is 2.93. The Morgan fingerprint density at radius 2 is 1.83 bits per heavy atom. The molecule has 1 aliphatic carbocycles. The maximum atomic E-state index is 14.3. The van der Waals surface area contributed by atoms with Gasteiger partial charge < -0.3 is 15.2 Å². The molecule has 4 aromatic rings. The van der Waals surface area contributed by atoms with Crippen molar-refractivity contribution in [3.05, 3.63) is 86.9 Å². The molecule has 0 radical (unpaired) electrons. The summed E-state index contributed by atoms with van der Waals surface area (Å²) in [5.41, 5.74) is -0.169. The van der Waals surface area contributed by atoms with Gasteiger partial charge >= 0.3 is 11.8 Å². The quantitative estimate of drug-likeness (QED) is 0.325. The number of fused-ring (bicyclic) bond motifs is 1. The third-order valence-electron chi connectivity index (χ3n) is 7.25. The molecule has 1 aliphatic rings. The molecule has 2 N–H and O–H groups in total. The average molecular weight is 575 g/mol. The Labute approximate surface area is 240 Å². The Kier molecular flexibility index (Phi) is 7.68. The molecule has 2 heterocycles. The number of carbonyl (C=O) groups excluding carboxylic acids is 2. The lowest BCUT2D eigenvalue weighted by Crippen LogP contribution is -2.45. The molecule has 0 aliphatic heterocycles. The highest BCUT2D eigenvalue weighted by Crippen LogP contribution is 2.30. The second-order valence-electron chi connectivity index (χ2n) is 11.4. The third kappa shape index (κ3) is 5.81. The fraction of sp³-hybridized carbons (Fsp3) is 0.323. The minimum absolute atomic E-state index is 0.00129. The van der Waals surface area contributed by atoms with Gasteiger partial charge in [0, 0.05) is 17.6 Å². The second kappa shape index (κ2) is 11.2. The number of aldehydes is 1. The zero-order chi connectivity index (χ0) is 30.2. The van der Waals surface area contributed by atoms with Crippen LogP contribution < -0.4 is 16.6 Å². The smallest absolute Gasteiger partial charge is 0.407 e. The van der Waals surface area contributed by atoms with Gasteiger partial charge in [0.2, 0.25) is 0 Å². The van der Waals surface area contributed by atoms with Crippen molar-refractivity contribution >= 4 is 23.4 Å². The first kappa shape index (κ1) is 28.7. The Hall–Kier alpha value is -4.80. The number of rotatable bonds is 5. The van der Waals surface area contributed by atoms with E-state index < -0.39 is 34.8 Å². The number of amides is 1. The summed E-state index contributed by atoms with van der Waals surface area (Å²) in [4.78, 5) is 55.7. The molecular formula is C31H31FN4O6. The van der Waals surface area contributed by atoms with Crippen LogP contribution >= 0.6 is 0 Å². The van der Waals surface area contributed by atoms with Gasteiger partial charge in [-0.1, -0.05) is 12.1 Å². The van der Waals surface area contributed by atoms with E-state index >= 15 is 0 Å². The molecule has 1 saturated carbocycles. The van der Waals surface area contributed by atoms with Crippen molar-refractivity contribution in [2.24, 2.45) is 0 Å². The Morgan fingerprint density at radius 1 is 1.10 bits per heavy atom. The number of alkyl carbamates (subject to hydrolysis) is 1. The first-order valence-electron chi connectivity index (χ1n) is 13.7. The number of benzene rings is 2. The maximum absolute atomic E-state index is 14.3. The molecule has 10 nitrogen and oxygen atoms in total. The van der Waals surface area contributed by atoms with Gasteiger partial charge in [-0.3, -0.25) is 14.2 Å². The third-order valence-corrected chi connectivity index (χ3v) is 7.25. The van der Waals surface area contributed by atoms with E-state index in [0.717, 1.165) is 16.8 Å². The molecule has 42 heavy (non-hydrogen) atoms. The van der Waals surface area contributed by atoms with Gasteiger partial charge in [0.05, 0.1) is 17.3 Å². The standard InChI is InChI=1S/C31H31FN4O6/c1-31(2,3)42-29(40)34-21-7-9-22(10-8-21)36-28(39)26-15-20(32)16-33-27(26)35(30(36)41)23-6-4-5-18(13-23)25-12-11-24(38)14-19(25)17-37/h4-6,11-17,21-22,38H,7-10H2,1-3H3,(H,34,40). The normalized spacial score (nSPS) is 17.1. The summed E-state index contributed by atoms with van der Waals surface area (Å²) in [7, 11) is 0. The van der Waals surface area contributed by atoms with E-state index in [1.807, 2.05) is 0 Å². The molecule has 0 atom stereocenters. The highest BCUT2D eigenvalue weighted by Gasteiger charge is 2.29. The number of ether oxygens (including phenoxy) is 1. The minimum atomic E-state index is -0.713. The Balaban J connectivity index is 1.55. The number of halogens is 1. The summed E-state index contributed by atoms with van der Waals surface area (Å²) in [6.45, 7) is 5.33. The zero-order valence-electron chi connectivity index (χ0n) is 23.5. The van der Waals surface area contributed by atoms with Crippen LogP contribution in [-0.2, 0) is 4.74 Å². The minimum Gasteiger partial charge on any atom is -0.508 e. The highest BCUT2D eigenvalue weighted by molar-refractivity contribution is 5.88. The van der Waals surface area contributed by atoms with Crippen LogP contribution in [0.3, 0.4) is 0 Å². The van der Waals surface area contributed by atoms with E-state index in [2.05, 4.69) is 10.3 Å². The molecule has 2 aromatic heterocycles. The molecule has 0 unspecified atom stereocenters. The van der Waals surface area contributed by atoms with E-state index in [1.54, 1.807) is 51.1 Å². The largest absolute Gasteiger partial charge is 0.508 e. The summed E-state index contributed by atoms with van der Waals surface area (Å²) in [5, 5.41) is 12.6. The van der Waals surface area contributed by atoms with Crippen molar-refractivity contribution < 1.29 is 23.8 Å². The van der Waals surface area contributed by atoms with Crippen LogP contribution in [-0.4, -0.2) is 43.2 Å². The van der Waals surface area contributed by atoms with Gasteiger partial charge in [-0.2, -0.15) is 0 Å². The van der Waals surface area contributed by atoms with Crippen LogP contribution in [0.5, 0.6) is 5.75 Å². The number of aromatic nitrogens is 3. The summed E-state index contributed by atoms with van der Waals surface area (Å²) in [5.74, 6) is -0.774. The number of phenolic OH excluding ortho intramolecular Hbond substituents is 1. The number of nitrogens with zero attached hydrogens (tertiary/aromatic N) is 3. The molecule has 0 saturated heterocycles. The van der Waals surface area contributed by atoms with Gasteiger partial charge in [0.1, 0.15) is 17.2 Å². The first-order chi connectivity index (χ1) is 19.9.